The second-order valence-electron chi connectivity index (χ2n) is 16.2. The van der Waals surface area contributed by atoms with Crippen molar-refractivity contribution in [1.29, 1.82) is 0 Å². The van der Waals surface area contributed by atoms with Crippen LogP contribution in [0.25, 0.3) is 0 Å². The SMILES string of the molecule is CCCCCCCCCCCCCCCCCCCCCC(=O)OC[C@H](COP(=O)(O)O)OC(=O)CCC/C=C\C[C@H]1C(=O)C[C@@H](O)[C@@H]1/C=C/[C@@H](O)CCCCC. The molecule has 1 aliphatic carbocycles. The predicted molar refractivity (Wildman–Crippen MR) is 226 cm³/mol. The molecule has 0 unspecified atom stereocenters. The molecular weight excluding hydrogens is 747 g/mol. The second kappa shape index (κ2) is 34.9. The van der Waals surface area contributed by atoms with Gasteiger partial charge in [-0.15, -0.1) is 0 Å². The van der Waals surface area contributed by atoms with Crippen molar-refractivity contribution in [2.45, 2.75) is 218 Å². The van der Waals surface area contributed by atoms with E-state index in [4.69, 9.17) is 19.3 Å². The van der Waals surface area contributed by atoms with Gasteiger partial charge >= 0.3 is 19.8 Å². The third-order valence-corrected chi connectivity index (χ3v) is 11.3. The normalized spacial score (nSPS) is 18.5. The average Bonchev–Trinajstić information content (AvgIpc) is 3.44. The first kappa shape index (κ1) is 53.1. The largest absolute Gasteiger partial charge is 0.469 e. The van der Waals surface area contributed by atoms with Crippen LogP contribution in [-0.2, 0) is 32.9 Å². The lowest BCUT2D eigenvalue weighted by atomic mass is 9.90. The Kier molecular flexibility index (Phi) is 32.6. The zero-order valence-corrected chi connectivity index (χ0v) is 36.6. The number of ether oxygens (including phenoxy) is 2. The molecule has 4 N–H and O–H groups in total. The monoisotopic (exact) mass is 829 g/mol. The van der Waals surface area contributed by atoms with Crippen molar-refractivity contribution in [1.82, 2.24) is 0 Å². The standard InChI is InChI=1S/C45H81O11P/c1-3-5-7-8-9-10-11-12-13-14-15-16-17-18-19-20-21-22-27-31-44(49)54-36-39(37-55-57(51,52)53)56-45(50)32-28-24-23-26-30-40-41(43(48)35-42(40)47)34-33-38(46)29-25-6-4-2/h23,26,33-34,38-41,43,46,48H,3-22,24-25,27-32,35-37H2,1-2H3,(H2,51,52,53)/b26-23-,34-33+/t38-,39+,40+,41+,43+/m0/s1. The summed E-state index contributed by atoms with van der Waals surface area (Å²) >= 11 is 0. The summed E-state index contributed by atoms with van der Waals surface area (Å²) in [5.41, 5.74) is 0. The van der Waals surface area contributed by atoms with Gasteiger partial charge in [-0.25, -0.2) is 4.57 Å². The van der Waals surface area contributed by atoms with E-state index in [0.717, 1.165) is 38.5 Å². The van der Waals surface area contributed by atoms with Crippen LogP contribution in [0.2, 0.25) is 0 Å². The molecule has 57 heavy (non-hydrogen) atoms. The van der Waals surface area contributed by atoms with Crippen LogP contribution in [0.1, 0.15) is 200 Å². The van der Waals surface area contributed by atoms with Crippen LogP contribution in [-0.4, -0.2) is 69.2 Å². The average molecular weight is 829 g/mol. The van der Waals surface area contributed by atoms with Crippen LogP contribution in [0.3, 0.4) is 0 Å². The lowest BCUT2D eigenvalue weighted by Crippen LogP contribution is -2.29. The van der Waals surface area contributed by atoms with E-state index in [-0.39, 0.29) is 43.5 Å². The first-order valence-electron chi connectivity index (χ1n) is 22.7. The van der Waals surface area contributed by atoms with E-state index >= 15 is 0 Å². The fraction of sp³-hybridized carbons (Fsp3) is 0.844. The number of allylic oxidation sites excluding steroid dienone is 2. The molecule has 11 nitrogen and oxygen atoms in total. The zero-order valence-electron chi connectivity index (χ0n) is 35.7. The summed E-state index contributed by atoms with van der Waals surface area (Å²) in [5, 5.41) is 20.6. The number of phosphoric acid groups is 1. The van der Waals surface area contributed by atoms with Crippen molar-refractivity contribution >= 4 is 25.5 Å². The van der Waals surface area contributed by atoms with Crippen molar-refractivity contribution in [3.63, 3.8) is 0 Å². The summed E-state index contributed by atoms with van der Waals surface area (Å²) in [4.78, 5) is 55.6. The van der Waals surface area contributed by atoms with Gasteiger partial charge in [0, 0.05) is 31.1 Å². The number of phosphoric ester groups is 1. The van der Waals surface area contributed by atoms with Crippen molar-refractivity contribution in [3.8, 4) is 0 Å². The number of esters is 2. The third-order valence-electron chi connectivity index (χ3n) is 10.8. The van der Waals surface area contributed by atoms with Crippen molar-refractivity contribution in [2.75, 3.05) is 13.2 Å². The first-order valence-corrected chi connectivity index (χ1v) is 24.3. The zero-order chi connectivity index (χ0) is 42.0. The van der Waals surface area contributed by atoms with E-state index in [9.17, 15) is 29.2 Å². The molecule has 12 heteroatoms. The fourth-order valence-electron chi connectivity index (χ4n) is 7.36. The maximum atomic E-state index is 12.5. The number of ketones is 1. The van der Waals surface area contributed by atoms with Crippen LogP contribution < -0.4 is 0 Å². The van der Waals surface area contributed by atoms with Gasteiger partial charge in [0.2, 0.25) is 0 Å². The summed E-state index contributed by atoms with van der Waals surface area (Å²) in [6.07, 6.45) is 34.1. The molecule has 0 amide bonds. The molecule has 0 saturated heterocycles. The number of aliphatic hydroxyl groups excluding tert-OH is 2. The van der Waals surface area contributed by atoms with Crippen LogP contribution in [0, 0.1) is 11.8 Å². The molecule has 1 saturated carbocycles. The van der Waals surface area contributed by atoms with Gasteiger partial charge in [0.15, 0.2) is 6.10 Å². The number of hydrogen-bond acceptors (Lipinski definition) is 9. The molecule has 0 aromatic rings. The predicted octanol–water partition coefficient (Wildman–Crippen LogP) is 10.6. The molecule has 0 spiro atoms. The van der Waals surface area contributed by atoms with Crippen LogP contribution in [0.5, 0.6) is 0 Å². The maximum absolute atomic E-state index is 12.5. The Morgan fingerprint density at radius 1 is 0.719 bits per heavy atom. The van der Waals surface area contributed by atoms with Crippen molar-refractivity contribution in [2.24, 2.45) is 11.8 Å². The minimum atomic E-state index is -4.83. The van der Waals surface area contributed by atoms with Crippen LogP contribution in [0.4, 0.5) is 0 Å². The maximum Gasteiger partial charge on any atom is 0.469 e. The summed E-state index contributed by atoms with van der Waals surface area (Å²) in [7, 11) is -4.83. The van der Waals surface area contributed by atoms with Crippen molar-refractivity contribution in [3.05, 3.63) is 24.3 Å². The Hall–Kier alpha value is -1.88. The molecule has 0 aromatic heterocycles. The molecule has 5 atom stereocenters. The Bertz CT molecular complexity index is 1140. The lowest BCUT2D eigenvalue weighted by molar-refractivity contribution is -0.161. The molecule has 332 valence electrons. The van der Waals surface area contributed by atoms with Gasteiger partial charge in [0.05, 0.1) is 18.8 Å². The summed E-state index contributed by atoms with van der Waals surface area (Å²) in [6.45, 7) is 3.38. The summed E-state index contributed by atoms with van der Waals surface area (Å²) < 4.78 is 26.4. The van der Waals surface area contributed by atoms with Gasteiger partial charge in [-0.05, 0) is 32.1 Å². The number of carbonyl (C=O) groups is 3. The first-order chi connectivity index (χ1) is 27.5. The number of carbonyl (C=O) groups excluding carboxylic acids is 3. The molecule has 0 bridgehead atoms. The Balaban J connectivity index is 2.22. The molecule has 1 aliphatic rings. The van der Waals surface area contributed by atoms with E-state index in [0.29, 0.717) is 32.1 Å². The van der Waals surface area contributed by atoms with Gasteiger partial charge in [0.1, 0.15) is 12.4 Å². The quantitative estimate of drug-likeness (QED) is 0.0202. The van der Waals surface area contributed by atoms with Gasteiger partial charge in [0.25, 0.3) is 0 Å². The van der Waals surface area contributed by atoms with Gasteiger partial charge < -0.3 is 29.5 Å². The Labute approximate surface area is 345 Å². The lowest BCUT2D eigenvalue weighted by Gasteiger charge is -2.18. The molecule has 0 aromatic carbocycles. The van der Waals surface area contributed by atoms with Gasteiger partial charge in [-0.2, -0.15) is 0 Å². The highest BCUT2D eigenvalue weighted by molar-refractivity contribution is 7.46. The highest BCUT2D eigenvalue weighted by Crippen LogP contribution is 2.36. The van der Waals surface area contributed by atoms with Crippen LogP contribution >= 0.6 is 7.82 Å². The molecule has 1 fully saturated rings. The fourth-order valence-corrected chi connectivity index (χ4v) is 7.72. The minimum Gasteiger partial charge on any atom is -0.462 e. The Morgan fingerprint density at radius 3 is 1.77 bits per heavy atom. The summed E-state index contributed by atoms with van der Waals surface area (Å²) in [6, 6.07) is 0. The summed E-state index contributed by atoms with van der Waals surface area (Å²) in [5.74, 6) is -1.82. The molecule has 0 heterocycles. The smallest absolute Gasteiger partial charge is 0.462 e. The van der Waals surface area contributed by atoms with Gasteiger partial charge in [-0.3, -0.25) is 18.9 Å². The van der Waals surface area contributed by atoms with Gasteiger partial charge in [-0.1, -0.05) is 173 Å². The topological polar surface area (TPSA) is 177 Å². The van der Waals surface area contributed by atoms with E-state index in [1.165, 1.54) is 96.3 Å². The highest BCUT2D eigenvalue weighted by atomic mass is 31.2. The van der Waals surface area contributed by atoms with Crippen molar-refractivity contribution < 1.29 is 52.9 Å². The van der Waals surface area contributed by atoms with E-state index in [1.54, 1.807) is 12.2 Å². The number of aliphatic hydroxyl groups is 2. The number of rotatable bonds is 38. The molecule has 1 rings (SSSR count). The highest BCUT2D eigenvalue weighted by Gasteiger charge is 2.39. The van der Waals surface area contributed by atoms with Crippen LogP contribution in [0.15, 0.2) is 24.3 Å². The number of Topliss-reactive ketones (excluding diaryl/α,β-unsaturated/α-hetero) is 1. The Morgan fingerprint density at radius 2 is 1.23 bits per heavy atom. The third kappa shape index (κ3) is 30.8. The molecule has 0 aliphatic heterocycles. The molecule has 0 radical (unpaired) electrons. The van der Waals surface area contributed by atoms with E-state index < -0.39 is 44.7 Å². The number of hydrogen-bond donors (Lipinski definition) is 4. The second-order valence-corrected chi connectivity index (χ2v) is 17.4. The minimum absolute atomic E-state index is 0.0132. The van der Waals surface area contributed by atoms with E-state index in [1.807, 2.05) is 12.2 Å². The molecular formula is C45H81O11P. The van der Waals surface area contributed by atoms with E-state index in [2.05, 4.69) is 18.4 Å². The number of unbranched alkanes of at least 4 members (excludes halogenated alkanes) is 21.